The molecule has 0 aliphatic heterocycles. The van der Waals surface area contributed by atoms with E-state index in [9.17, 15) is 5.11 Å². The highest BCUT2D eigenvalue weighted by atomic mass is 16.5. The van der Waals surface area contributed by atoms with Crippen LogP contribution in [-0.4, -0.2) is 11.7 Å². The van der Waals surface area contributed by atoms with E-state index in [1.54, 1.807) is 0 Å². The third-order valence-corrected chi connectivity index (χ3v) is 4.42. The van der Waals surface area contributed by atoms with E-state index < -0.39 is 0 Å². The first-order valence-electron chi connectivity index (χ1n) is 8.75. The SMILES string of the molecule is CCCCCCCCCOc1ccc2c(c1)[C@H](O)CCC2. The average molecular weight is 290 g/mol. The molecule has 0 radical (unpaired) electrons. The lowest BCUT2D eigenvalue weighted by molar-refractivity contribution is 0.156. The van der Waals surface area contributed by atoms with E-state index in [-0.39, 0.29) is 6.10 Å². The fourth-order valence-electron chi connectivity index (χ4n) is 3.09. The summed E-state index contributed by atoms with van der Waals surface area (Å²) in [6.45, 7) is 3.05. The minimum absolute atomic E-state index is 0.295. The molecule has 0 unspecified atom stereocenters. The van der Waals surface area contributed by atoms with Gasteiger partial charge in [-0.25, -0.2) is 0 Å². The summed E-state index contributed by atoms with van der Waals surface area (Å²) < 4.78 is 5.84. The molecular weight excluding hydrogens is 260 g/mol. The van der Waals surface area contributed by atoms with Gasteiger partial charge in [0, 0.05) is 0 Å². The first kappa shape index (κ1) is 16.4. The molecule has 0 saturated carbocycles. The first-order valence-corrected chi connectivity index (χ1v) is 8.75. The van der Waals surface area contributed by atoms with Crippen LogP contribution in [0.1, 0.15) is 81.9 Å². The van der Waals surface area contributed by atoms with E-state index in [2.05, 4.69) is 19.1 Å². The molecule has 0 bridgehead atoms. The van der Waals surface area contributed by atoms with Crippen molar-refractivity contribution in [3.63, 3.8) is 0 Å². The van der Waals surface area contributed by atoms with Gasteiger partial charge >= 0.3 is 0 Å². The molecule has 1 N–H and O–H groups in total. The molecule has 1 aromatic rings. The Hall–Kier alpha value is -1.02. The van der Waals surface area contributed by atoms with Gasteiger partial charge in [-0.15, -0.1) is 0 Å². The van der Waals surface area contributed by atoms with E-state index in [0.29, 0.717) is 0 Å². The maximum Gasteiger partial charge on any atom is 0.119 e. The summed E-state index contributed by atoms with van der Waals surface area (Å²) in [4.78, 5) is 0. The lowest BCUT2D eigenvalue weighted by Crippen LogP contribution is -2.09. The predicted octanol–water partition coefficient (Wildman–Crippen LogP) is 5.19. The summed E-state index contributed by atoms with van der Waals surface area (Å²) in [5, 5.41) is 10.0. The van der Waals surface area contributed by atoms with Gasteiger partial charge in [0.2, 0.25) is 0 Å². The number of aliphatic hydroxyl groups excluding tert-OH is 1. The topological polar surface area (TPSA) is 29.5 Å². The fourth-order valence-corrected chi connectivity index (χ4v) is 3.09. The van der Waals surface area contributed by atoms with Crippen molar-refractivity contribution in [2.24, 2.45) is 0 Å². The average Bonchev–Trinajstić information content (AvgIpc) is 2.51. The summed E-state index contributed by atoms with van der Waals surface area (Å²) in [6, 6.07) is 6.22. The van der Waals surface area contributed by atoms with Crippen LogP contribution in [0.15, 0.2) is 18.2 Å². The van der Waals surface area contributed by atoms with Gasteiger partial charge < -0.3 is 9.84 Å². The van der Waals surface area contributed by atoms with Crippen molar-refractivity contribution in [2.75, 3.05) is 6.61 Å². The third kappa shape index (κ3) is 5.35. The van der Waals surface area contributed by atoms with Gasteiger partial charge in [-0.05, 0) is 48.9 Å². The van der Waals surface area contributed by atoms with Crippen molar-refractivity contribution in [1.29, 1.82) is 0 Å². The number of hydrogen-bond donors (Lipinski definition) is 1. The number of aliphatic hydroxyl groups is 1. The summed E-state index contributed by atoms with van der Waals surface area (Å²) in [5.74, 6) is 0.917. The Morgan fingerprint density at radius 2 is 1.86 bits per heavy atom. The molecule has 0 amide bonds. The number of aryl methyl sites for hydroxylation is 1. The zero-order valence-electron chi connectivity index (χ0n) is 13.4. The maximum atomic E-state index is 10.0. The smallest absolute Gasteiger partial charge is 0.119 e. The van der Waals surface area contributed by atoms with Crippen LogP contribution in [-0.2, 0) is 6.42 Å². The van der Waals surface area contributed by atoms with Crippen LogP contribution in [0.25, 0.3) is 0 Å². The summed E-state index contributed by atoms with van der Waals surface area (Å²) in [6.07, 6.45) is 11.9. The molecule has 1 atom stereocenters. The number of rotatable bonds is 9. The molecule has 2 rings (SSSR count). The molecule has 1 aromatic carbocycles. The zero-order chi connectivity index (χ0) is 14.9. The van der Waals surface area contributed by atoms with Gasteiger partial charge in [-0.2, -0.15) is 0 Å². The highest BCUT2D eigenvalue weighted by molar-refractivity contribution is 5.38. The normalized spacial score (nSPS) is 17.5. The summed E-state index contributed by atoms with van der Waals surface area (Å²) >= 11 is 0. The Labute approximate surface area is 129 Å². The van der Waals surface area contributed by atoms with Gasteiger partial charge in [-0.1, -0.05) is 51.5 Å². The van der Waals surface area contributed by atoms with Crippen molar-refractivity contribution in [3.05, 3.63) is 29.3 Å². The Bertz CT molecular complexity index is 414. The fraction of sp³-hybridized carbons (Fsp3) is 0.684. The zero-order valence-corrected chi connectivity index (χ0v) is 13.4. The quantitative estimate of drug-likeness (QED) is 0.634. The Kier molecular flexibility index (Phi) is 7.08. The highest BCUT2D eigenvalue weighted by Gasteiger charge is 2.18. The Balaban J connectivity index is 1.66. The Morgan fingerprint density at radius 3 is 2.67 bits per heavy atom. The molecule has 0 heterocycles. The molecule has 2 heteroatoms. The molecule has 0 aromatic heterocycles. The van der Waals surface area contributed by atoms with Crippen LogP contribution in [0.5, 0.6) is 5.75 Å². The molecular formula is C19H30O2. The van der Waals surface area contributed by atoms with Crippen molar-refractivity contribution >= 4 is 0 Å². The number of ether oxygens (including phenoxy) is 1. The lowest BCUT2D eigenvalue weighted by Gasteiger charge is -2.22. The van der Waals surface area contributed by atoms with Crippen LogP contribution in [0.3, 0.4) is 0 Å². The van der Waals surface area contributed by atoms with Crippen LogP contribution >= 0.6 is 0 Å². The van der Waals surface area contributed by atoms with E-state index in [0.717, 1.165) is 43.6 Å². The van der Waals surface area contributed by atoms with Crippen molar-refractivity contribution in [3.8, 4) is 5.75 Å². The van der Waals surface area contributed by atoms with Crippen molar-refractivity contribution in [2.45, 2.75) is 77.2 Å². The second kappa shape index (κ2) is 9.09. The molecule has 0 fully saturated rings. The molecule has 0 saturated heterocycles. The molecule has 1 aliphatic carbocycles. The maximum absolute atomic E-state index is 10.0. The second-order valence-corrected chi connectivity index (χ2v) is 6.24. The number of benzene rings is 1. The minimum Gasteiger partial charge on any atom is -0.494 e. The highest BCUT2D eigenvalue weighted by Crippen LogP contribution is 2.32. The van der Waals surface area contributed by atoms with Crippen LogP contribution < -0.4 is 4.74 Å². The minimum atomic E-state index is -0.295. The lowest BCUT2D eigenvalue weighted by atomic mass is 9.89. The van der Waals surface area contributed by atoms with E-state index >= 15 is 0 Å². The van der Waals surface area contributed by atoms with Crippen molar-refractivity contribution < 1.29 is 9.84 Å². The number of fused-ring (bicyclic) bond motifs is 1. The van der Waals surface area contributed by atoms with Gasteiger partial charge in [-0.3, -0.25) is 0 Å². The molecule has 0 spiro atoms. The van der Waals surface area contributed by atoms with Gasteiger partial charge in [0.05, 0.1) is 12.7 Å². The molecule has 118 valence electrons. The van der Waals surface area contributed by atoms with Crippen LogP contribution in [0, 0.1) is 0 Å². The third-order valence-electron chi connectivity index (χ3n) is 4.42. The van der Waals surface area contributed by atoms with E-state index in [1.807, 2.05) is 6.07 Å². The second-order valence-electron chi connectivity index (χ2n) is 6.24. The van der Waals surface area contributed by atoms with Crippen LogP contribution in [0.4, 0.5) is 0 Å². The first-order chi connectivity index (χ1) is 10.3. The van der Waals surface area contributed by atoms with Crippen LogP contribution in [0.2, 0.25) is 0 Å². The summed E-state index contributed by atoms with van der Waals surface area (Å²) in [5.41, 5.74) is 2.37. The monoisotopic (exact) mass is 290 g/mol. The van der Waals surface area contributed by atoms with Gasteiger partial charge in [0.25, 0.3) is 0 Å². The molecule has 21 heavy (non-hydrogen) atoms. The van der Waals surface area contributed by atoms with E-state index in [4.69, 9.17) is 4.74 Å². The predicted molar refractivity (Wildman–Crippen MR) is 87.8 cm³/mol. The molecule has 1 aliphatic rings. The summed E-state index contributed by atoms with van der Waals surface area (Å²) in [7, 11) is 0. The largest absolute Gasteiger partial charge is 0.494 e. The van der Waals surface area contributed by atoms with E-state index in [1.165, 1.54) is 44.1 Å². The molecule has 2 nitrogen and oxygen atoms in total. The number of hydrogen-bond acceptors (Lipinski definition) is 2. The van der Waals surface area contributed by atoms with Gasteiger partial charge in [0.15, 0.2) is 0 Å². The number of unbranched alkanes of at least 4 members (excludes halogenated alkanes) is 6. The van der Waals surface area contributed by atoms with Gasteiger partial charge in [0.1, 0.15) is 5.75 Å². The van der Waals surface area contributed by atoms with Crippen molar-refractivity contribution in [1.82, 2.24) is 0 Å². The Morgan fingerprint density at radius 1 is 1.10 bits per heavy atom. The standard InChI is InChI=1S/C19H30O2/c1-2-3-4-5-6-7-8-14-21-17-13-12-16-10-9-11-19(20)18(16)15-17/h12-13,15,19-20H,2-11,14H2,1H3/t19-/m1/s1.